The third kappa shape index (κ3) is 8.06. The predicted octanol–water partition coefficient (Wildman–Crippen LogP) is 14.2. The first-order valence-corrected chi connectivity index (χ1v) is 19.7. The number of aryl methyl sites for hydroxylation is 2. The van der Waals surface area contributed by atoms with Gasteiger partial charge in [0.15, 0.2) is 0 Å². The quantitative estimate of drug-likeness (QED) is 0.131. The molecule has 9 aromatic rings. The van der Waals surface area contributed by atoms with Crippen LogP contribution in [0.1, 0.15) is 11.1 Å². The van der Waals surface area contributed by atoms with Gasteiger partial charge < -0.3 is 14.7 Å². The van der Waals surface area contributed by atoms with E-state index in [0.29, 0.717) is 0 Å². The van der Waals surface area contributed by atoms with Crippen LogP contribution in [0.3, 0.4) is 0 Å². The molecule has 0 N–H and O–H groups in total. The number of hydrogen-bond acceptors (Lipinski definition) is 6. The zero-order chi connectivity index (χ0) is 40.0. The van der Waals surface area contributed by atoms with Gasteiger partial charge in [-0.3, -0.25) is 15.0 Å². The molecule has 3 heterocycles. The topological polar surface area (TPSA) is 48.4 Å². The number of aromatic nitrogens is 3. The summed E-state index contributed by atoms with van der Waals surface area (Å²) in [4.78, 5) is 19.6. The lowest BCUT2D eigenvalue weighted by molar-refractivity contribution is 1.24. The largest absolute Gasteiger partial charge is 0.310 e. The zero-order valence-corrected chi connectivity index (χ0v) is 33.0. The van der Waals surface area contributed by atoms with E-state index in [1.54, 1.807) is 0 Å². The lowest BCUT2D eigenvalue weighted by atomic mass is 10.0. The summed E-state index contributed by atoms with van der Waals surface area (Å²) in [6, 6.07) is 64.5. The fourth-order valence-electron chi connectivity index (χ4n) is 7.42. The van der Waals surface area contributed by atoms with E-state index in [1.165, 1.54) is 11.1 Å². The second-order valence-electron chi connectivity index (χ2n) is 14.5. The second kappa shape index (κ2) is 16.7. The van der Waals surface area contributed by atoms with E-state index < -0.39 is 0 Å². The molecule has 6 aromatic carbocycles. The van der Waals surface area contributed by atoms with Crippen LogP contribution in [0.4, 0.5) is 51.2 Å². The summed E-state index contributed by atoms with van der Waals surface area (Å²) in [6.07, 6.45) is 11.0. The van der Waals surface area contributed by atoms with Crippen LogP contribution in [0, 0.1) is 13.8 Å². The number of anilines is 9. The Hall–Kier alpha value is -7.83. The maximum atomic E-state index is 4.31. The van der Waals surface area contributed by atoms with Crippen molar-refractivity contribution in [2.24, 2.45) is 0 Å². The molecule has 0 amide bonds. The minimum atomic E-state index is 1.04. The van der Waals surface area contributed by atoms with Crippen molar-refractivity contribution >= 4 is 51.2 Å². The van der Waals surface area contributed by atoms with Crippen LogP contribution in [0.15, 0.2) is 219 Å². The highest BCUT2D eigenvalue weighted by atomic mass is 15.2. The Bertz CT molecular complexity index is 2550. The molecule has 59 heavy (non-hydrogen) atoms. The molecule has 0 spiro atoms. The van der Waals surface area contributed by atoms with Crippen LogP contribution in [0.25, 0.3) is 22.3 Å². The van der Waals surface area contributed by atoms with Crippen LogP contribution in [0.2, 0.25) is 0 Å². The Kier molecular flexibility index (Phi) is 10.4. The van der Waals surface area contributed by atoms with E-state index in [4.69, 9.17) is 0 Å². The van der Waals surface area contributed by atoms with Crippen LogP contribution < -0.4 is 14.7 Å². The summed E-state index contributed by atoms with van der Waals surface area (Å²) < 4.78 is 0. The third-order valence-electron chi connectivity index (χ3n) is 10.5. The van der Waals surface area contributed by atoms with E-state index in [9.17, 15) is 0 Å². The summed E-state index contributed by atoms with van der Waals surface area (Å²) in [5, 5.41) is 0. The van der Waals surface area contributed by atoms with Crippen molar-refractivity contribution in [3.8, 4) is 22.3 Å². The van der Waals surface area contributed by atoms with Crippen molar-refractivity contribution in [3.63, 3.8) is 0 Å². The molecule has 6 nitrogen and oxygen atoms in total. The van der Waals surface area contributed by atoms with Crippen LogP contribution in [-0.2, 0) is 0 Å². The summed E-state index contributed by atoms with van der Waals surface area (Å²) in [6.45, 7) is 4.22. The Labute approximate surface area is 346 Å². The van der Waals surface area contributed by atoms with Gasteiger partial charge in [0.2, 0.25) is 0 Å². The number of pyridine rings is 3. The van der Waals surface area contributed by atoms with Gasteiger partial charge in [0, 0.05) is 88.4 Å². The van der Waals surface area contributed by atoms with Crippen molar-refractivity contribution in [1.29, 1.82) is 0 Å². The molecule has 0 aliphatic carbocycles. The minimum absolute atomic E-state index is 1.04. The maximum Gasteiger partial charge on any atom is 0.0492 e. The van der Waals surface area contributed by atoms with Crippen LogP contribution in [-0.4, -0.2) is 15.0 Å². The van der Waals surface area contributed by atoms with Crippen molar-refractivity contribution in [1.82, 2.24) is 15.0 Å². The first kappa shape index (κ1) is 36.8. The first-order valence-electron chi connectivity index (χ1n) is 19.7. The number of hydrogen-bond donors (Lipinski definition) is 0. The first-order chi connectivity index (χ1) is 29.1. The monoisotopic (exact) mass is 762 g/mol. The molecule has 0 unspecified atom stereocenters. The fraction of sp³-hybridized carbons (Fsp3) is 0.0377. The molecule has 0 aliphatic heterocycles. The average Bonchev–Trinajstić information content (AvgIpc) is 3.30. The molecule has 0 bridgehead atoms. The highest BCUT2D eigenvalue weighted by Gasteiger charge is 2.16. The number of rotatable bonds is 11. The van der Waals surface area contributed by atoms with Crippen molar-refractivity contribution in [2.75, 3.05) is 14.7 Å². The molecule has 6 heteroatoms. The van der Waals surface area contributed by atoms with Crippen molar-refractivity contribution < 1.29 is 0 Å². The molecule has 9 rings (SSSR count). The van der Waals surface area contributed by atoms with E-state index >= 15 is 0 Å². The molecule has 284 valence electrons. The molecule has 0 saturated carbocycles. The Morgan fingerprint density at radius 2 is 0.390 bits per heavy atom. The Morgan fingerprint density at radius 1 is 0.220 bits per heavy atom. The molecule has 0 fully saturated rings. The molecule has 0 aliphatic rings. The molecule has 0 saturated heterocycles. The van der Waals surface area contributed by atoms with Gasteiger partial charge in [-0.2, -0.15) is 0 Å². The van der Waals surface area contributed by atoms with Gasteiger partial charge in [0.25, 0.3) is 0 Å². The van der Waals surface area contributed by atoms with Crippen LogP contribution in [0.5, 0.6) is 0 Å². The third-order valence-corrected chi connectivity index (χ3v) is 10.5. The van der Waals surface area contributed by atoms with Crippen molar-refractivity contribution in [3.05, 3.63) is 230 Å². The maximum absolute atomic E-state index is 4.31. The number of benzene rings is 6. The van der Waals surface area contributed by atoms with Gasteiger partial charge in [-0.05, 0) is 145 Å². The average molecular weight is 763 g/mol. The van der Waals surface area contributed by atoms with Gasteiger partial charge in [-0.25, -0.2) is 0 Å². The molecule has 3 aromatic heterocycles. The highest BCUT2D eigenvalue weighted by Crippen LogP contribution is 2.39. The minimum Gasteiger partial charge on any atom is -0.310 e. The molecular weight excluding hydrogens is 721 g/mol. The second-order valence-corrected chi connectivity index (χ2v) is 14.5. The molecule has 0 radical (unpaired) electrons. The van der Waals surface area contributed by atoms with Crippen LogP contribution >= 0.6 is 0 Å². The van der Waals surface area contributed by atoms with Gasteiger partial charge in [0.1, 0.15) is 0 Å². The van der Waals surface area contributed by atoms with E-state index in [0.717, 1.165) is 73.4 Å². The summed E-state index contributed by atoms with van der Waals surface area (Å²) >= 11 is 0. The van der Waals surface area contributed by atoms with E-state index in [1.807, 2.05) is 73.6 Å². The van der Waals surface area contributed by atoms with Gasteiger partial charge in [-0.15, -0.1) is 0 Å². The number of nitrogens with zero attached hydrogens (tertiary/aromatic N) is 6. The normalized spacial score (nSPS) is 10.9. The zero-order valence-electron chi connectivity index (χ0n) is 33.0. The van der Waals surface area contributed by atoms with Crippen molar-refractivity contribution in [2.45, 2.75) is 13.8 Å². The molecular formula is C53H42N6. The smallest absolute Gasteiger partial charge is 0.0492 e. The highest BCUT2D eigenvalue weighted by molar-refractivity contribution is 5.82. The summed E-state index contributed by atoms with van der Waals surface area (Å²) in [7, 11) is 0. The van der Waals surface area contributed by atoms with Gasteiger partial charge in [-0.1, -0.05) is 83.9 Å². The fourth-order valence-corrected chi connectivity index (χ4v) is 7.42. The Morgan fingerprint density at radius 3 is 0.593 bits per heavy atom. The van der Waals surface area contributed by atoms with Gasteiger partial charge >= 0.3 is 0 Å². The van der Waals surface area contributed by atoms with E-state index in [2.05, 4.69) is 189 Å². The lowest BCUT2D eigenvalue weighted by Gasteiger charge is -2.26. The Balaban J connectivity index is 0.970. The molecule has 0 atom stereocenters. The SMILES string of the molecule is Cc1ccc(N(c2ccncc2)c2ccc(-c3ccc(N(c4ccncc4)c4ccc(-c5ccc(N(c6ccncc6)c6ccc(C)cc6)cc5)cc4)cc3)cc2)cc1. The van der Waals surface area contributed by atoms with Gasteiger partial charge in [0.05, 0.1) is 0 Å². The predicted molar refractivity (Wildman–Crippen MR) is 244 cm³/mol. The lowest BCUT2D eigenvalue weighted by Crippen LogP contribution is -2.10. The van der Waals surface area contributed by atoms with E-state index in [-0.39, 0.29) is 0 Å². The summed E-state index contributed by atoms with van der Waals surface area (Å²) in [5.41, 5.74) is 16.7. The standard InChI is InChI=1S/C53H42N6/c1-39-3-15-45(16-4-39)57(51-27-33-54-34-28-51)47-19-7-41(8-20-47)43-11-23-49(24-12-43)59(53-31-37-56-38-32-53)50-25-13-44(14-26-50)42-9-21-48(22-10-42)58(52-29-35-55-36-30-52)46-17-5-40(2)6-18-46/h3-38H,1-2H3. The summed E-state index contributed by atoms with van der Waals surface area (Å²) in [5.74, 6) is 0.